The van der Waals surface area contributed by atoms with E-state index in [1.165, 1.54) is 19.3 Å². The van der Waals surface area contributed by atoms with Crippen LogP contribution in [0.1, 0.15) is 59.8 Å². The molecule has 4 aliphatic rings. The van der Waals surface area contributed by atoms with Crippen LogP contribution < -0.4 is 24.8 Å². The van der Waals surface area contributed by atoms with Gasteiger partial charge in [-0.05, 0) is 44.1 Å². The average molecular weight is 482 g/mol. The monoisotopic (exact) mass is 479 g/mol. The molecule has 4 rings (SSSR count). The molecule has 1 saturated carbocycles. The van der Waals surface area contributed by atoms with Gasteiger partial charge < -0.3 is 31.2 Å². The molecule has 4 aliphatic carbocycles. The summed E-state index contributed by atoms with van der Waals surface area (Å²) < 4.78 is 0. The SMILES string of the molecule is CC1=C(C)C(C)(C2=CCC(C)(C3=CC=CC3)C=C2)C2[CH-]CCC2C1.[Cl-].[Cl-].[Zr+3]. The maximum atomic E-state index is 2.63. The standard InChI is InChI=1S/C24H31.2ClH.Zr/c1-17-16-19-8-7-11-22(19)24(4,18(17)2)21-12-14-23(3,15-13-21)20-9-5-6-10-20;;;/h5-6,9,11-14,19,22H,7-8,10,15-16H2,1-4H3;2*1H;/q-1;;;+3/p-2. The molecule has 0 N–H and O–H groups in total. The number of halogens is 2. The molecule has 0 aromatic heterocycles. The van der Waals surface area contributed by atoms with Gasteiger partial charge in [0.05, 0.1) is 0 Å². The quantitative estimate of drug-likeness (QED) is 0.404. The van der Waals surface area contributed by atoms with Crippen LogP contribution in [0.2, 0.25) is 0 Å². The summed E-state index contributed by atoms with van der Waals surface area (Å²) in [6, 6.07) is 0. The largest absolute Gasteiger partial charge is 3.00 e. The zero-order valence-electron chi connectivity index (χ0n) is 17.0. The molecule has 0 spiro atoms. The molecule has 0 aliphatic heterocycles. The molecule has 0 saturated heterocycles. The van der Waals surface area contributed by atoms with Crippen molar-refractivity contribution in [3.63, 3.8) is 0 Å². The molecule has 0 amide bonds. The summed E-state index contributed by atoms with van der Waals surface area (Å²) in [4.78, 5) is 0. The average Bonchev–Trinajstić information content (AvgIpc) is 3.25. The molecule has 145 valence electrons. The number of hydrogen-bond acceptors (Lipinski definition) is 0. The first-order valence-corrected chi connectivity index (χ1v) is 9.71. The molecule has 27 heavy (non-hydrogen) atoms. The third-order valence-electron chi connectivity index (χ3n) is 7.60. The van der Waals surface area contributed by atoms with Gasteiger partial charge >= 0.3 is 26.2 Å². The molecule has 0 nitrogen and oxygen atoms in total. The Hall–Kier alpha value is 0.163. The number of hydrogen-bond donors (Lipinski definition) is 0. The summed E-state index contributed by atoms with van der Waals surface area (Å²) in [6.45, 7) is 9.68. The minimum atomic E-state index is 0. The first kappa shape index (κ1) is 25.2. The van der Waals surface area contributed by atoms with E-state index in [-0.39, 0.29) is 61.8 Å². The molecule has 1 radical (unpaired) electrons. The minimum absolute atomic E-state index is 0. The second-order valence-corrected chi connectivity index (χ2v) is 8.85. The predicted molar refractivity (Wildman–Crippen MR) is 103 cm³/mol. The van der Waals surface area contributed by atoms with Crippen molar-refractivity contribution < 1.29 is 51.0 Å². The van der Waals surface area contributed by atoms with Crippen molar-refractivity contribution >= 4 is 0 Å². The van der Waals surface area contributed by atoms with Gasteiger partial charge in [-0.2, -0.15) is 12.3 Å². The third kappa shape index (κ3) is 4.08. The van der Waals surface area contributed by atoms with Crippen molar-refractivity contribution in [3.8, 4) is 0 Å². The summed E-state index contributed by atoms with van der Waals surface area (Å²) in [5.41, 5.74) is 6.82. The Morgan fingerprint density at radius 2 is 1.89 bits per heavy atom. The van der Waals surface area contributed by atoms with Gasteiger partial charge in [0.1, 0.15) is 0 Å². The molecule has 0 aromatic carbocycles. The smallest absolute Gasteiger partial charge is 1.00 e. The van der Waals surface area contributed by atoms with Crippen molar-refractivity contribution in [1.82, 2.24) is 0 Å². The Labute approximate surface area is 197 Å². The fraction of sp³-hybridized carbons (Fsp3) is 0.542. The van der Waals surface area contributed by atoms with Gasteiger partial charge in [-0.15, -0.1) is 0 Å². The van der Waals surface area contributed by atoms with Crippen molar-refractivity contribution in [2.24, 2.45) is 22.7 Å². The summed E-state index contributed by atoms with van der Waals surface area (Å²) in [7, 11) is 0. The first-order valence-electron chi connectivity index (χ1n) is 9.71. The summed E-state index contributed by atoms with van der Waals surface area (Å²) in [5.74, 6) is 1.59. The van der Waals surface area contributed by atoms with Crippen LogP contribution in [-0.2, 0) is 26.2 Å². The second kappa shape index (κ2) is 9.32. The van der Waals surface area contributed by atoms with Crippen LogP contribution in [0.3, 0.4) is 0 Å². The van der Waals surface area contributed by atoms with E-state index >= 15 is 0 Å². The fourth-order valence-electron chi connectivity index (χ4n) is 5.67. The van der Waals surface area contributed by atoms with Crippen molar-refractivity contribution in [3.05, 3.63) is 65.2 Å². The minimum Gasteiger partial charge on any atom is -1.00 e. The fourth-order valence-corrected chi connectivity index (χ4v) is 5.67. The van der Waals surface area contributed by atoms with E-state index < -0.39 is 0 Å². The van der Waals surface area contributed by atoms with Gasteiger partial charge in [0, 0.05) is 5.41 Å². The molecular weight excluding hydrogens is 450 g/mol. The van der Waals surface area contributed by atoms with Gasteiger partial charge in [-0.3, -0.25) is 0 Å². The van der Waals surface area contributed by atoms with Crippen LogP contribution in [0, 0.1) is 29.1 Å². The Balaban J connectivity index is 0.00000121. The van der Waals surface area contributed by atoms with Crippen LogP contribution in [0.5, 0.6) is 0 Å². The molecule has 0 bridgehead atoms. The molecule has 0 heterocycles. The van der Waals surface area contributed by atoms with E-state index in [2.05, 4.69) is 70.6 Å². The predicted octanol–water partition coefficient (Wildman–Crippen LogP) is 0.748. The van der Waals surface area contributed by atoms with E-state index in [1.54, 1.807) is 22.3 Å². The maximum absolute atomic E-state index is 2.63. The van der Waals surface area contributed by atoms with E-state index in [0.29, 0.717) is 0 Å². The van der Waals surface area contributed by atoms with E-state index in [4.69, 9.17) is 0 Å². The molecular formula is C24H31Cl2Zr. The van der Waals surface area contributed by atoms with E-state index in [9.17, 15) is 0 Å². The number of fused-ring (bicyclic) bond motifs is 1. The molecule has 4 unspecified atom stereocenters. The van der Waals surface area contributed by atoms with Crippen LogP contribution in [0.15, 0.2) is 58.7 Å². The summed E-state index contributed by atoms with van der Waals surface area (Å²) in [5, 5.41) is 0. The Morgan fingerprint density at radius 1 is 1.15 bits per heavy atom. The maximum Gasteiger partial charge on any atom is 3.00 e. The van der Waals surface area contributed by atoms with Crippen LogP contribution in [-0.4, -0.2) is 0 Å². The van der Waals surface area contributed by atoms with Crippen LogP contribution in [0.4, 0.5) is 0 Å². The van der Waals surface area contributed by atoms with Crippen molar-refractivity contribution in [2.75, 3.05) is 0 Å². The Morgan fingerprint density at radius 3 is 2.48 bits per heavy atom. The van der Waals surface area contributed by atoms with Crippen LogP contribution in [0.25, 0.3) is 0 Å². The van der Waals surface area contributed by atoms with Crippen molar-refractivity contribution in [1.29, 1.82) is 0 Å². The van der Waals surface area contributed by atoms with E-state index in [1.807, 2.05) is 0 Å². The van der Waals surface area contributed by atoms with Gasteiger partial charge in [-0.1, -0.05) is 79.4 Å². The van der Waals surface area contributed by atoms with Gasteiger partial charge in [-0.25, -0.2) is 0 Å². The summed E-state index contributed by atoms with van der Waals surface area (Å²) in [6.07, 6.45) is 23.2. The van der Waals surface area contributed by atoms with Gasteiger partial charge in [0.15, 0.2) is 0 Å². The van der Waals surface area contributed by atoms with Crippen LogP contribution >= 0.6 is 0 Å². The number of rotatable bonds is 2. The zero-order chi connectivity index (χ0) is 16.9. The normalized spacial score (nSPS) is 36.9. The van der Waals surface area contributed by atoms with E-state index in [0.717, 1.165) is 24.7 Å². The summed E-state index contributed by atoms with van der Waals surface area (Å²) >= 11 is 0. The topological polar surface area (TPSA) is 0 Å². The first-order chi connectivity index (χ1) is 11.4. The van der Waals surface area contributed by atoms with Gasteiger partial charge in [0.2, 0.25) is 0 Å². The third-order valence-corrected chi connectivity index (χ3v) is 7.60. The molecule has 0 aromatic rings. The molecule has 1 fully saturated rings. The second-order valence-electron chi connectivity index (χ2n) is 8.85. The zero-order valence-corrected chi connectivity index (χ0v) is 21.0. The Kier molecular flexibility index (Phi) is 8.70. The number of allylic oxidation sites excluding steroid dienone is 10. The van der Waals surface area contributed by atoms with Crippen molar-refractivity contribution in [2.45, 2.75) is 59.8 Å². The Bertz CT molecular complexity index is 712. The molecule has 3 heteroatoms. The van der Waals surface area contributed by atoms with Gasteiger partial charge in [0.25, 0.3) is 0 Å². The molecule has 4 atom stereocenters.